The van der Waals surface area contributed by atoms with E-state index in [1.54, 1.807) is 30.3 Å². The van der Waals surface area contributed by atoms with E-state index in [2.05, 4.69) is 20.8 Å². The number of nitrogens with one attached hydrogen (secondary N) is 2. The van der Waals surface area contributed by atoms with Gasteiger partial charge in [-0.05, 0) is 36.4 Å². The second kappa shape index (κ2) is 8.03. The van der Waals surface area contributed by atoms with E-state index in [1.807, 2.05) is 0 Å². The van der Waals surface area contributed by atoms with E-state index in [-0.39, 0.29) is 17.5 Å². The van der Waals surface area contributed by atoms with Gasteiger partial charge in [0.25, 0.3) is 11.8 Å². The van der Waals surface area contributed by atoms with E-state index >= 15 is 0 Å². The summed E-state index contributed by atoms with van der Waals surface area (Å²) in [6.45, 7) is 0.121. The number of carbonyl (C=O) groups excluding carboxylic acids is 2. The lowest BCUT2D eigenvalue weighted by Gasteiger charge is -2.03. The molecule has 0 fully saturated rings. The van der Waals surface area contributed by atoms with Gasteiger partial charge in [0.15, 0.2) is 0 Å². The van der Waals surface area contributed by atoms with Gasteiger partial charge in [0.2, 0.25) is 5.01 Å². The van der Waals surface area contributed by atoms with Gasteiger partial charge in [0.1, 0.15) is 10.8 Å². The van der Waals surface area contributed by atoms with Crippen molar-refractivity contribution >= 4 is 40.4 Å². The third kappa shape index (κ3) is 4.62. The number of hydrogen-bond acceptors (Lipinski definition) is 5. The van der Waals surface area contributed by atoms with E-state index < -0.39 is 11.7 Å². The number of hydrogen-bond donors (Lipinski definition) is 2. The molecule has 0 unspecified atom stereocenters. The van der Waals surface area contributed by atoms with Crippen LogP contribution in [-0.4, -0.2) is 22.0 Å². The van der Waals surface area contributed by atoms with Crippen molar-refractivity contribution in [2.45, 2.75) is 6.54 Å². The number of benzene rings is 2. The van der Waals surface area contributed by atoms with Gasteiger partial charge in [-0.3, -0.25) is 9.59 Å². The minimum absolute atomic E-state index is 0.112. The molecule has 0 radical (unpaired) electrons. The van der Waals surface area contributed by atoms with Crippen LogP contribution in [0.2, 0.25) is 5.02 Å². The Morgan fingerprint density at radius 2 is 1.88 bits per heavy atom. The highest BCUT2D eigenvalue weighted by molar-refractivity contribution is 7.13. The maximum absolute atomic E-state index is 13.1. The third-order valence-electron chi connectivity index (χ3n) is 3.23. The maximum Gasteiger partial charge on any atom is 0.286 e. The topological polar surface area (TPSA) is 84.0 Å². The van der Waals surface area contributed by atoms with Gasteiger partial charge in [0, 0.05) is 16.3 Å². The van der Waals surface area contributed by atoms with Crippen molar-refractivity contribution in [2.24, 2.45) is 0 Å². The van der Waals surface area contributed by atoms with Crippen molar-refractivity contribution in [1.29, 1.82) is 0 Å². The Bertz CT molecular complexity index is 963. The molecular formula is C17H12ClFN4O2S. The number of amides is 2. The zero-order valence-electron chi connectivity index (χ0n) is 13.2. The first kappa shape index (κ1) is 18.0. The van der Waals surface area contributed by atoms with Crippen LogP contribution in [0, 0.1) is 5.82 Å². The maximum atomic E-state index is 13.1. The SMILES string of the molecule is O=C(NCc1nnc(C(=O)Nc2cccc(F)c2)s1)c1cccc(Cl)c1. The fraction of sp³-hybridized carbons (Fsp3) is 0.0588. The summed E-state index contributed by atoms with van der Waals surface area (Å²) in [6, 6.07) is 12.1. The first-order valence-corrected chi connectivity index (χ1v) is 8.64. The number of nitrogens with zero attached hydrogens (tertiary/aromatic N) is 2. The molecule has 1 heterocycles. The monoisotopic (exact) mass is 390 g/mol. The van der Waals surface area contributed by atoms with E-state index in [0.29, 0.717) is 21.3 Å². The molecule has 0 spiro atoms. The molecule has 2 aromatic carbocycles. The first-order valence-electron chi connectivity index (χ1n) is 7.44. The molecule has 3 rings (SSSR count). The summed E-state index contributed by atoms with van der Waals surface area (Å²) in [7, 11) is 0. The summed E-state index contributed by atoms with van der Waals surface area (Å²) < 4.78 is 13.1. The molecule has 2 amide bonds. The molecule has 0 saturated carbocycles. The Morgan fingerprint density at radius 3 is 2.65 bits per heavy atom. The number of aromatic nitrogens is 2. The third-order valence-corrected chi connectivity index (χ3v) is 4.39. The van der Waals surface area contributed by atoms with Crippen molar-refractivity contribution in [3.63, 3.8) is 0 Å². The summed E-state index contributed by atoms with van der Waals surface area (Å²) in [5.74, 6) is -1.27. The molecule has 26 heavy (non-hydrogen) atoms. The zero-order chi connectivity index (χ0) is 18.5. The summed E-state index contributed by atoms with van der Waals surface area (Å²) in [5, 5.41) is 13.9. The Kier molecular flexibility index (Phi) is 5.55. The van der Waals surface area contributed by atoms with Gasteiger partial charge in [-0.2, -0.15) is 0 Å². The van der Waals surface area contributed by atoms with Crippen LogP contribution in [0.3, 0.4) is 0 Å². The fourth-order valence-corrected chi connectivity index (χ4v) is 2.92. The summed E-state index contributed by atoms with van der Waals surface area (Å²) in [5.41, 5.74) is 0.743. The van der Waals surface area contributed by atoms with E-state index in [4.69, 9.17) is 11.6 Å². The lowest BCUT2D eigenvalue weighted by atomic mass is 10.2. The molecule has 9 heteroatoms. The molecule has 0 aliphatic rings. The van der Waals surface area contributed by atoms with Gasteiger partial charge < -0.3 is 10.6 Å². The Balaban J connectivity index is 1.59. The summed E-state index contributed by atoms with van der Waals surface area (Å²) in [6.07, 6.45) is 0. The molecule has 0 bridgehead atoms. The quantitative estimate of drug-likeness (QED) is 0.698. The number of anilines is 1. The van der Waals surface area contributed by atoms with Crippen molar-refractivity contribution in [2.75, 3.05) is 5.32 Å². The van der Waals surface area contributed by atoms with Crippen molar-refractivity contribution in [3.05, 3.63) is 74.9 Å². The van der Waals surface area contributed by atoms with Crippen LogP contribution < -0.4 is 10.6 Å². The Labute approximate surface area is 157 Å². The van der Waals surface area contributed by atoms with E-state index in [0.717, 1.165) is 11.3 Å². The number of halogens is 2. The van der Waals surface area contributed by atoms with Gasteiger partial charge >= 0.3 is 0 Å². The highest BCUT2D eigenvalue weighted by Gasteiger charge is 2.14. The van der Waals surface area contributed by atoms with Crippen molar-refractivity contribution < 1.29 is 14.0 Å². The lowest BCUT2D eigenvalue weighted by Crippen LogP contribution is -2.22. The Morgan fingerprint density at radius 1 is 1.08 bits per heavy atom. The van der Waals surface area contributed by atoms with Crippen LogP contribution >= 0.6 is 22.9 Å². The van der Waals surface area contributed by atoms with Crippen LogP contribution in [0.25, 0.3) is 0 Å². The number of carbonyl (C=O) groups is 2. The first-order chi connectivity index (χ1) is 12.5. The molecule has 0 saturated heterocycles. The molecule has 0 atom stereocenters. The van der Waals surface area contributed by atoms with Crippen LogP contribution in [0.15, 0.2) is 48.5 Å². The molecule has 0 aliphatic heterocycles. The minimum atomic E-state index is -0.500. The lowest BCUT2D eigenvalue weighted by molar-refractivity contribution is 0.0950. The molecule has 132 valence electrons. The zero-order valence-corrected chi connectivity index (χ0v) is 14.8. The van der Waals surface area contributed by atoms with Crippen LogP contribution in [0.4, 0.5) is 10.1 Å². The van der Waals surface area contributed by atoms with Crippen LogP contribution in [-0.2, 0) is 6.54 Å². The van der Waals surface area contributed by atoms with E-state index in [1.165, 1.54) is 18.2 Å². The predicted molar refractivity (Wildman–Crippen MR) is 96.9 cm³/mol. The number of rotatable bonds is 5. The molecule has 3 aromatic rings. The molecular weight excluding hydrogens is 379 g/mol. The average molecular weight is 391 g/mol. The van der Waals surface area contributed by atoms with Crippen LogP contribution in [0.1, 0.15) is 25.2 Å². The van der Waals surface area contributed by atoms with Crippen molar-refractivity contribution in [1.82, 2.24) is 15.5 Å². The summed E-state index contributed by atoms with van der Waals surface area (Å²) in [4.78, 5) is 24.2. The highest BCUT2D eigenvalue weighted by atomic mass is 35.5. The predicted octanol–water partition coefficient (Wildman–Crippen LogP) is 3.51. The molecule has 1 aromatic heterocycles. The standard InChI is InChI=1S/C17H12ClFN4O2S/c18-11-4-1-3-10(7-11)15(24)20-9-14-22-23-17(26-14)16(25)21-13-6-2-5-12(19)8-13/h1-8H,9H2,(H,20,24)(H,21,25). The normalized spacial score (nSPS) is 10.4. The Hall–Kier alpha value is -2.84. The highest BCUT2D eigenvalue weighted by Crippen LogP contribution is 2.15. The molecule has 0 aliphatic carbocycles. The van der Waals surface area contributed by atoms with Gasteiger partial charge in [0.05, 0.1) is 6.54 Å². The summed E-state index contributed by atoms with van der Waals surface area (Å²) >= 11 is 6.89. The second-order valence-corrected chi connectivity index (χ2v) is 6.66. The minimum Gasteiger partial charge on any atom is -0.345 e. The van der Waals surface area contributed by atoms with Gasteiger partial charge in [-0.1, -0.05) is 35.1 Å². The second-order valence-electron chi connectivity index (χ2n) is 5.16. The van der Waals surface area contributed by atoms with Gasteiger partial charge in [-0.25, -0.2) is 4.39 Å². The van der Waals surface area contributed by atoms with Crippen LogP contribution in [0.5, 0.6) is 0 Å². The van der Waals surface area contributed by atoms with Crippen molar-refractivity contribution in [3.8, 4) is 0 Å². The molecule has 2 N–H and O–H groups in total. The molecule has 6 nitrogen and oxygen atoms in total. The van der Waals surface area contributed by atoms with Gasteiger partial charge in [-0.15, -0.1) is 10.2 Å². The van der Waals surface area contributed by atoms with E-state index in [9.17, 15) is 14.0 Å². The average Bonchev–Trinajstić information content (AvgIpc) is 3.09. The fourth-order valence-electron chi connectivity index (χ4n) is 2.06. The largest absolute Gasteiger partial charge is 0.345 e. The smallest absolute Gasteiger partial charge is 0.286 e.